The molecule has 0 heterocycles. The van der Waals surface area contributed by atoms with Crippen molar-refractivity contribution in [3.05, 3.63) is 0 Å². The molecule has 0 saturated carbocycles. The number of nitrogens with one attached hydrogen (secondary N) is 2. The number of hydrogen-bond donors (Lipinski definition) is 2. The summed E-state index contributed by atoms with van der Waals surface area (Å²) >= 11 is 0. The van der Waals surface area contributed by atoms with Crippen LogP contribution >= 0.6 is 0 Å². The van der Waals surface area contributed by atoms with Crippen LogP contribution in [0.2, 0.25) is 0 Å². The molecule has 0 aliphatic carbocycles. The highest BCUT2D eigenvalue weighted by atomic mass is 16.5. The van der Waals surface area contributed by atoms with E-state index in [-0.39, 0.29) is 17.4 Å². The number of carbonyl (C=O) groups excluding carboxylic acids is 2. The van der Waals surface area contributed by atoms with Crippen molar-refractivity contribution in [2.45, 2.75) is 85.8 Å². The SMILES string of the molecule is CC(C)CC(=O)NCC(C)(C)OCCC(C)(C)NC(=O)CC(C)C. The molecule has 0 bridgehead atoms. The standard InChI is InChI=1S/C19H38N2O3/c1-14(2)11-16(22)20-13-19(7,8)24-10-9-18(5,6)21-17(23)12-15(3)4/h14-15H,9-13H2,1-8H3,(H,20,22)(H,21,23). The average Bonchev–Trinajstić information content (AvgIpc) is 2.33. The third-order valence-corrected chi connectivity index (χ3v) is 3.60. The van der Waals surface area contributed by atoms with E-state index in [1.807, 2.05) is 55.4 Å². The monoisotopic (exact) mass is 342 g/mol. The zero-order valence-electron chi connectivity index (χ0n) is 16.9. The van der Waals surface area contributed by atoms with Gasteiger partial charge in [0.05, 0.1) is 5.60 Å². The number of hydrogen-bond acceptors (Lipinski definition) is 3. The Morgan fingerprint density at radius 2 is 1.42 bits per heavy atom. The molecule has 0 rings (SSSR count). The van der Waals surface area contributed by atoms with Gasteiger partial charge in [-0.25, -0.2) is 0 Å². The van der Waals surface area contributed by atoms with E-state index in [9.17, 15) is 9.59 Å². The summed E-state index contributed by atoms with van der Waals surface area (Å²) in [5.41, 5.74) is -0.729. The zero-order valence-corrected chi connectivity index (χ0v) is 16.9. The van der Waals surface area contributed by atoms with Gasteiger partial charge in [0, 0.05) is 31.5 Å². The van der Waals surface area contributed by atoms with E-state index in [0.29, 0.717) is 37.8 Å². The number of rotatable bonds is 11. The smallest absolute Gasteiger partial charge is 0.220 e. The van der Waals surface area contributed by atoms with Crippen molar-refractivity contribution in [1.29, 1.82) is 0 Å². The molecule has 5 nitrogen and oxygen atoms in total. The Bertz CT molecular complexity index is 401. The van der Waals surface area contributed by atoms with Crippen LogP contribution in [0, 0.1) is 11.8 Å². The highest BCUT2D eigenvalue weighted by Crippen LogP contribution is 2.14. The van der Waals surface area contributed by atoms with Gasteiger partial charge in [0.2, 0.25) is 11.8 Å². The lowest BCUT2D eigenvalue weighted by Crippen LogP contribution is -2.46. The molecule has 0 unspecified atom stereocenters. The number of amides is 2. The third-order valence-electron chi connectivity index (χ3n) is 3.60. The summed E-state index contributed by atoms with van der Waals surface area (Å²) in [4.78, 5) is 23.6. The van der Waals surface area contributed by atoms with Crippen LogP contribution in [0.15, 0.2) is 0 Å². The first-order valence-electron chi connectivity index (χ1n) is 9.04. The Labute approximate surface area is 148 Å². The molecule has 142 valence electrons. The lowest BCUT2D eigenvalue weighted by atomic mass is 9.99. The van der Waals surface area contributed by atoms with Crippen molar-refractivity contribution in [2.24, 2.45) is 11.8 Å². The second-order valence-corrected chi connectivity index (χ2v) is 8.76. The summed E-state index contributed by atoms with van der Waals surface area (Å²) in [6, 6.07) is 0. The predicted octanol–water partition coefficient (Wildman–Crippen LogP) is 3.27. The quantitative estimate of drug-likeness (QED) is 0.605. The highest BCUT2D eigenvalue weighted by molar-refractivity contribution is 5.77. The van der Waals surface area contributed by atoms with Crippen LogP contribution in [0.5, 0.6) is 0 Å². The fraction of sp³-hybridized carbons (Fsp3) is 0.895. The molecule has 0 aromatic rings. The van der Waals surface area contributed by atoms with Gasteiger partial charge in [0.15, 0.2) is 0 Å². The minimum atomic E-state index is -0.426. The van der Waals surface area contributed by atoms with Crippen molar-refractivity contribution in [3.8, 4) is 0 Å². The van der Waals surface area contributed by atoms with Crippen LogP contribution in [0.4, 0.5) is 0 Å². The Kier molecular flexibility index (Phi) is 9.56. The minimum absolute atomic E-state index is 0.0583. The molecule has 0 spiro atoms. The second-order valence-electron chi connectivity index (χ2n) is 8.76. The molecule has 0 radical (unpaired) electrons. The minimum Gasteiger partial charge on any atom is -0.374 e. The molecule has 2 amide bonds. The van der Waals surface area contributed by atoms with Gasteiger partial charge in [-0.2, -0.15) is 0 Å². The molecular formula is C19H38N2O3. The first-order chi connectivity index (χ1) is 10.8. The molecule has 0 aromatic carbocycles. The Morgan fingerprint density at radius 3 is 1.92 bits per heavy atom. The molecule has 2 N–H and O–H groups in total. The molecule has 0 aliphatic heterocycles. The molecule has 0 atom stereocenters. The van der Waals surface area contributed by atoms with E-state index in [1.54, 1.807) is 0 Å². The summed E-state index contributed by atoms with van der Waals surface area (Å²) in [7, 11) is 0. The second kappa shape index (κ2) is 10.0. The number of ether oxygens (including phenoxy) is 1. The molecule has 0 fully saturated rings. The summed E-state index contributed by atoms with van der Waals surface area (Å²) in [6.07, 6.45) is 1.79. The van der Waals surface area contributed by atoms with E-state index < -0.39 is 5.60 Å². The summed E-state index contributed by atoms with van der Waals surface area (Å²) in [5, 5.41) is 5.98. The largest absolute Gasteiger partial charge is 0.374 e. The van der Waals surface area contributed by atoms with Crippen LogP contribution in [0.25, 0.3) is 0 Å². The van der Waals surface area contributed by atoms with Gasteiger partial charge in [-0.05, 0) is 46.0 Å². The maximum Gasteiger partial charge on any atom is 0.220 e. The fourth-order valence-electron chi connectivity index (χ4n) is 2.25. The molecule has 0 aromatic heterocycles. The lowest BCUT2D eigenvalue weighted by molar-refractivity contribution is -0.125. The maximum absolute atomic E-state index is 11.9. The normalized spacial score (nSPS) is 12.6. The maximum atomic E-state index is 11.9. The van der Waals surface area contributed by atoms with Gasteiger partial charge in [-0.3, -0.25) is 9.59 Å². The van der Waals surface area contributed by atoms with E-state index in [4.69, 9.17) is 4.74 Å². The van der Waals surface area contributed by atoms with Crippen LogP contribution < -0.4 is 10.6 Å². The van der Waals surface area contributed by atoms with Gasteiger partial charge >= 0.3 is 0 Å². The summed E-state index contributed by atoms with van der Waals surface area (Å²) < 4.78 is 5.92. The average molecular weight is 343 g/mol. The van der Waals surface area contributed by atoms with E-state index in [2.05, 4.69) is 10.6 Å². The van der Waals surface area contributed by atoms with Crippen LogP contribution in [-0.4, -0.2) is 36.1 Å². The molecular weight excluding hydrogens is 304 g/mol. The van der Waals surface area contributed by atoms with Crippen LogP contribution in [-0.2, 0) is 14.3 Å². The van der Waals surface area contributed by atoms with Gasteiger partial charge in [0.1, 0.15) is 0 Å². The summed E-state index contributed by atoms with van der Waals surface area (Å²) in [6.45, 7) is 17.1. The van der Waals surface area contributed by atoms with Crippen molar-refractivity contribution in [1.82, 2.24) is 10.6 Å². The predicted molar refractivity (Wildman–Crippen MR) is 98.8 cm³/mol. The van der Waals surface area contributed by atoms with Gasteiger partial charge < -0.3 is 15.4 Å². The fourth-order valence-corrected chi connectivity index (χ4v) is 2.25. The third kappa shape index (κ3) is 12.3. The van der Waals surface area contributed by atoms with E-state index in [1.165, 1.54) is 0 Å². The van der Waals surface area contributed by atoms with Crippen molar-refractivity contribution < 1.29 is 14.3 Å². The highest BCUT2D eigenvalue weighted by Gasteiger charge is 2.24. The molecule has 0 saturated heterocycles. The first-order valence-corrected chi connectivity index (χ1v) is 9.04. The zero-order chi connectivity index (χ0) is 19.0. The topological polar surface area (TPSA) is 67.4 Å². The van der Waals surface area contributed by atoms with Crippen LogP contribution in [0.3, 0.4) is 0 Å². The molecule has 24 heavy (non-hydrogen) atoms. The van der Waals surface area contributed by atoms with Crippen molar-refractivity contribution in [2.75, 3.05) is 13.2 Å². The van der Waals surface area contributed by atoms with Gasteiger partial charge in [-0.15, -0.1) is 0 Å². The number of carbonyl (C=O) groups is 2. The summed E-state index contributed by atoms with van der Waals surface area (Å²) in [5.74, 6) is 0.841. The van der Waals surface area contributed by atoms with Gasteiger partial charge in [0.25, 0.3) is 0 Å². The first kappa shape index (κ1) is 22.9. The molecule has 5 heteroatoms. The Balaban J connectivity index is 4.17. The Hall–Kier alpha value is -1.10. The molecule has 0 aliphatic rings. The van der Waals surface area contributed by atoms with Crippen molar-refractivity contribution >= 4 is 11.8 Å². The van der Waals surface area contributed by atoms with E-state index >= 15 is 0 Å². The van der Waals surface area contributed by atoms with E-state index in [0.717, 1.165) is 6.42 Å². The Morgan fingerprint density at radius 1 is 0.917 bits per heavy atom. The van der Waals surface area contributed by atoms with Crippen LogP contribution in [0.1, 0.15) is 74.7 Å². The lowest BCUT2D eigenvalue weighted by Gasteiger charge is -2.30. The van der Waals surface area contributed by atoms with Crippen molar-refractivity contribution in [3.63, 3.8) is 0 Å². The van der Waals surface area contributed by atoms with Gasteiger partial charge in [-0.1, -0.05) is 27.7 Å².